The fourth-order valence-electron chi connectivity index (χ4n) is 4.05. The Labute approximate surface area is 241 Å². The van der Waals surface area contributed by atoms with Crippen LogP contribution in [0.15, 0.2) is 21.5 Å². The smallest absolute Gasteiger partial charge is 0.377 e. The lowest BCUT2D eigenvalue weighted by molar-refractivity contribution is -0.223. The van der Waals surface area contributed by atoms with Crippen LogP contribution >= 0.6 is 0 Å². The Kier molecular flexibility index (Phi) is 12.9. The fourth-order valence-corrected chi connectivity index (χ4v) is 4.05. The molecule has 16 nitrogen and oxygen atoms in total. The van der Waals surface area contributed by atoms with Gasteiger partial charge in [-0.25, -0.2) is 9.78 Å². The maximum atomic E-state index is 13.9. The highest BCUT2D eigenvalue weighted by atomic mass is 16.7. The van der Waals surface area contributed by atoms with Gasteiger partial charge in [-0.15, -0.1) is 0 Å². The maximum Gasteiger partial charge on any atom is 0.377 e. The number of carboxylic acids is 1. The zero-order valence-corrected chi connectivity index (χ0v) is 24.4. The molecule has 0 spiro atoms. The van der Waals surface area contributed by atoms with Gasteiger partial charge in [0.25, 0.3) is 17.3 Å². The number of carbonyl (C=O) groups is 1. The number of hydrogen-bond acceptors (Lipinski definition) is 14. The molecule has 0 saturated heterocycles. The highest BCUT2D eigenvalue weighted by Crippen LogP contribution is 2.23. The van der Waals surface area contributed by atoms with E-state index in [4.69, 9.17) is 42.4 Å². The van der Waals surface area contributed by atoms with Gasteiger partial charge >= 0.3 is 5.97 Å². The molecule has 2 heterocycles. The largest absolute Gasteiger partial charge is 0.475 e. The van der Waals surface area contributed by atoms with Gasteiger partial charge in [0.15, 0.2) is 5.69 Å². The summed E-state index contributed by atoms with van der Waals surface area (Å²) in [5.74, 6) is -2.37. The fraction of sp³-hybridized carbons (Fsp3) is 0.577. The third kappa shape index (κ3) is 8.36. The van der Waals surface area contributed by atoms with E-state index in [1.807, 2.05) is 19.9 Å². The molecule has 0 aliphatic carbocycles. The Morgan fingerprint density at radius 3 is 2.14 bits per heavy atom. The number of aromatic carboxylic acids is 1. The average Bonchev–Trinajstić information content (AvgIpc) is 3.47. The lowest BCUT2D eigenvalue weighted by atomic mass is 10.1. The van der Waals surface area contributed by atoms with Gasteiger partial charge in [-0.1, -0.05) is 0 Å². The molecule has 0 bridgehead atoms. The van der Waals surface area contributed by atoms with E-state index in [0.717, 1.165) is 11.1 Å². The monoisotopic (exact) mass is 596 g/mol. The van der Waals surface area contributed by atoms with E-state index in [1.54, 1.807) is 6.07 Å². The van der Waals surface area contributed by atoms with Crippen LogP contribution in [0.3, 0.4) is 0 Å². The van der Waals surface area contributed by atoms with Crippen molar-refractivity contribution in [2.75, 3.05) is 62.2 Å². The third-order valence-corrected chi connectivity index (χ3v) is 6.14. The van der Waals surface area contributed by atoms with Crippen LogP contribution in [0.25, 0.3) is 22.6 Å². The number of benzene rings is 1. The normalized spacial score (nSPS) is 13.9. The molecule has 3 atom stereocenters. The number of methoxy groups -OCH3 is 4. The van der Waals surface area contributed by atoms with Gasteiger partial charge < -0.3 is 52.1 Å². The third-order valence-electron chi connectivity index (χ3n) is 6.14. The van der Waals surface area contributed by atoms with Gasteiger partial charge in [-0.05, 0) is 42.3 Å². The highest BCUT2D eigenvalue weighted by Gasteiger charge is 2.34. The molecule has 2 aromatic heterocycles. The van der Waals surface area contributed by atoms with Crippen molar-refractivity contribution in [1.82, 2.24) is 19.7 Å². The van der Waals surface area contributed by atoms with E-state index < -0.39 is 35.7 Å². The molecule has 0 saturated carbocycles. The summed E-state index contributed by atoms with van der Waals surface area (Å²) in [6.45, 7) is 3.35. The van der Waals surface area contributed by atoms with Crippen molar-refractivity contribution in [3.8, 4) is 11.6 Å². The standard InChI is InChI=1S/C26H36N4O12/c1-15-7-17-18(8-16(15)2)30(25(31)21(27-17)24-28-23(26(32)33)29-42-24)9-19(39-12-35-4)22(41-14-37-6)20(40-13-36-5)10-38-11-34-3/h7-8,19-20,22H,9-14H2,1-6H3,(H,32,33)/t19-,20+,22-/m0/s1. The predicted molar refractivity (Wildman–Crippen MR) is 144 cm³/mol. The number of hydrogen-bond donors (Lipinski definition) is 1. The number of rotatable bonds is 19. The maximum absolute atomic E-state index is 13.9. The van der Waals surface area contributed by atoms with Crippen molar-refractivity contribution in [1.29, 1.82) is 0 Å². The molecule has 42 heavy (non-hydrogen) atoms. The summed E-state index contributed by atoms with van der Waals surface area (Å²) in [5.41, 5.74) is 1.87. The Morgan fingerprint density at radius 1 is 0.905 bits per heavy atom. The highest BCUT2D eigenvalue weighted by molar-refractivity contribution is 5.83. The van der Waals surface area contributed by atoms with Crippen LogP contribution in [0.5, 0.6) is 0 Å². The van der Waals surface area contributed by atoms with E-state index in [-0.39, 0.29) is 51.9 Å². The van der Waals surface area contributed by atoms with Crippen LogP contribution < -0.4 is 5.56 Å². The Balaban J connectivity index is 2.17. The molecule has 0 unspecified atom stereocenters. The quantitative estimate of drug-likeness (QED) is 0.154. The molecule has 16 heteroatoms. The average molecular weight is 597 g/mol. The number of nitrogens with zero attached hydrogens (tertiary/aromatic N) is 4. The van der Waals surface area contributed by atoms with Crippen molar-refractivity contribution in [3.63, 3.8) is 0 Å². The Morgan fingerprint density at radius 2 is 1.52 bits per heavy atom. The molecule has 0 aliphatic rings. The summed E-state index contributed by atoms with van der Waals surface area (Å²) in [4.78, 5) is 33.6. The summed E-state index contributed by atoms with van der Waals surface area (Å²) in [5, 5.41) is 12.7. The second-order valence-corrected chi connectivity index (χ2v) is 9.07. The molecule has 0 amide bonds. The minimum absolute atomic E-state index is 0.00755. The number of ether oxygens (including phenoxy) is 8. The lowest BCUT2D eigenvalue weighted by Gasteiger charge is -2.33. The number of aromatic nitrogens is 4. The van der Waals surface area contributed by atoms with Crippen LogP contribution in [0, 0.1) is 13.8 Å². The topological polar surface area (TPSA) is 185 Å². The summed E-state index contributed by atoms with van der Waals surface area (Å²) in [6.07, 6.45) is -2.53. The SMILES string of the molecule is COCOC[C@@H](OCOC)[C@@H](OCOC)[C@H](Cn1c(=O)c(-c2nc(C(=O)O)no2)nc2cc(C)c(C)cc21)OCOC. The minimum Gasteiger partial charge on any atom is -0.475 e. The van der Waals surface area contributed by atoms with Crippen LogP contribution in [0.2, 0.25) is 0 Å². The Bertz CT molecular complexity index is 1360. The number of fused-ring (bicyclic) bond motifs is 1. The molecular weight excluding hydrogens is 560 g/mol. The van der Waals surface area contributed by atoms with E-state index in [0.29, 0.717) is 11.0 Å². The number of carboxylic acid groups (broad SMARTS) is 1. The van der Waals surface area contributed by atoms with Crippen molar-refractivity contribution >= 4 is 17.0 Å². The van der Waals surface area contributed by atoms with Gasteiger partial charge in [0.2, 0.25) is 0 Å². The van der Waals surface area contributed by atoms with Crippen molar-refractivity contribution in [2.24, 2.45) is 0 Å². The summed E-state index contributed by atoms with van der Waals surface area (Å²) in [7, 11) is 5.87. The zero-order chi connectivity index (χ0) is 30.6. The first-order chi connectivity index (χ1) is 20.2. The van der Waals surface area contributed by atoms with Crippen molar-refractivity contribution < 1.29 is 52.3 Å². The van der Waals surface area contributed by atoms with E-state index in [9.17, 15) is 14.7 Å². The van der Waals surface area contributed by atoms with Crippen LogP contribution in [-0.2, 0) is 44.4 Å². The van der Waals surface area contributed by atoms with Gasteiger partial charge in [0.1, 0.15) is 45.5 Å². The molecule has 0 fully saturated rings. The Hall–Kier alpha value is -3.35. The molecule has 1 aromatic carbocycles. The summed E-state index contributed by atoms with van der Waals surface area (Å²) >= 11 is 0. The predicted octanol–water partition coefficient (Wildman–Crippen LogP) is 1.35. The van der Waals surface area contributed by atoms with Crippen LogP contribution in [0.1, 0.15) is 21.7 Å². The van der Waals surface area contributed by atoms with Gasteiger partial charge in [0, 0.05) is 28.4 Å². The second-order valence-electron chi connectivity index (χ2n) is 9.07. The molecule has 232 valence electrons. The van der Waals surface area contributed by atoms with Crippen molar-refractivity contribution in [3.05, 3.63) is 39.4 Å². The van der Waals surface area contributed by atoms with Gasteiger partial charge in [0.05, 0.1) is 24.2 Å². The minimum atomic E-state index is -1.42. The first kappa shape index (κ1) is 33.2. The molecule has 0 aliphatic heterocycles. The summed E-state index contributed by atoms with van der Waals surface area (Å²) < 4.78 is 50.4. The molecule has 1 N–H and O–H groups in total. The zero-order valence-electron chi connectivity index (χ0n) is 24.4. The van der Waals surface area contributed by atoms with E-state index in [1.165, 1.54) is 33.0 Å². The number of aryl methyl sites for hydroxylation is 2. The summed E-state index contributed by atoms with van der Waals surface area (Å²) in [6, 6.07) is 3.62. The van der Waals surface area contributed by atoms with Crippen LogP contribution in [0.4, 0.5) is 0 Å². The first-order valence-corrected chi connectivity index (χ1v) is 12.7. The van der Waals surface area contributed by atoms with Crippen molar-refractivity contribution in [2.45, 2.75) is 38.7 Å². The first-order valence-electron chi connectivity index (χ1n) is 12.7. The van der Waals surface area contributed by atoms with Crippen LogP contribution in [-0.4, -0.2) is 111 Å². The second kappa shape index (κ2) is 16.3. The van der Waals surface area contributed by atoms with Gasteiger partial charge in [-0.2, -0.15) is 4.98 Å². The molecule has 3 rings (SSSR count). The molecule has 0 radical (unpaired) electrons. The molecule has 3 aromatic rings. The van der Waals surface area contributed by atoms with Gasteiger partial charge in [-0.3, -0.25) is 4.79 Å². The van der Waals surface area contributed by atoms with E-state index in [2.05, 4.69) is 15.1 Å². The van der Waals surface area contributed by atoms with E-state index >= 15 is 0 Å². The lowest BCUT2D eigenvalue weighted by Crippen LogP contribution is -2.48. The molecular formula is C26H36N4O12.